The predicted molar refractivity (Wildman–Crippen MR) is 532 cm³/mol. The summed E-state index contributed by atoms with van der Waals surface area (Å²) in [7, 11) is 0. The predicted octanol–water partition coefficient (Wildman–Crippen LogP) is 29.1. The van der Waals surface area contributed by atoms with E-state index in [0.29, 0.717) is 89.4 Å². The molecule has 0 saturated carbocycles. The first-order chi connectivity index (χ1) is 63.3. The summed E-state index contributed by atoms with van der Waals surface area (Å²) in [6, 6.07) is 61.1. The van der Waals surface area contributed by atoms with Crippen LogP contribution in [0, 0.1) is 35.5 Å². The highest BCUT2D eigenvalue weighted by Gasteiger charge is 2.44. The number of amides is 2. The van der Waals surface area contributed by atoms with Gasteiger partial charge < -0.3 is 58.0 Å². The molecule has 6 aromatic rings. The highest BCUT2D eigenvalue weighted by molar-refractivity contribution is 5.76. The zero-order chi connectivity index (χ0) is 91.6. The number of ether oxygens (including phenoxy) is 10. The van der Waals surface area contributed by atoms with Crippen LogP contribution in [-0.4, -0.2) is 99.5 Å². The third-order valence-corrected chi connectivity index (χ3v) is 27.6. The molecule has 14 heteroatoms. The molecule has 2 aliphatic heterocycles. The fourth-order valence-corrected chi connectivity index (χ4v) is 18.3. The van der Waals surface area contributed by atoms with E-state index in [-0.39, 0.29) is 61.3 Å². The van der Waals surface area contributed by atoms with Crippen LogP contribution < -0.4 is 10.6 Å². The standard InChI is InChI=1S/C64H103NO6.C51H77NO6/c1-6-8-10-12-14-16-18-20-22-24-26-28-39-47-62(66)65-59(51-70-64-55(5)53(3)54(4)61(71-64)52-67-48-56-40-32-29-33-41-56)63(69-50-58-44-36-31-37-45-58)60(68-49-57-42-34-30-35-43-57)46-38-27-25-23-21-19-17-15-13-11-9-7-2;1-6-8-9-10-11-12-13-14-15-16-17-27-34-47(55-36-44-30-23-19-24-31-44)50(56-37-45-32-25-20-26-33-45)46(52-49(53)7-2)38-57-51-42(5)40(3)41(4)48(58-51)39-54-35-43-28-21-18-22-29-43/h29-37,40-45,53-55,59-61,63-64H,6-28,38-39,46-52H2,1-5H3,(H,65,66);18-26,28-33,40-42,46-48,50-51H,6-17,27,34-39H2,1-5H3,(H,52,53)/t53-,54+,55?,59-,60+,61?,63-,64-;40-,41+,42?,46-,47+,48?,50-,51-/m00/s1. The Hall–Kier alpha value is -6.14. The molecule has 0 bridgehead atoms. The second-order valence-electron chi connectivity index (χ2n) is 38.2. The fourth-order valence-electron chi connectivity index (χ4n) is 18.3. The van der Waals surface area contributed by atoms with Gasteiger partial charge in [-0.3, -0.25) is 9.59 Å². The van der Waals surface area contributed by atoms with Crippen LogP contribution in [0.2, 0.25) is 0 Å². The number of unbranched alkanes of at least 4 members (excludes halogenated alkanes) is 34. The van der Waals surface area contributed by atoms with Crippen molar-refractivity contribution in [3.63, 3.8) is 0 Å². The van der Waals surface area contributed by atoms with Gasteiger partial charge in [0.2, 0.25) is 11.8 Å². The molecule has 2 heterocycles. The summed E-state index contributed by atoms with van der Waals surface area (Å²) in [5.74, 6) is 1.60. The lowest BCUT2D eigenvalue weighted by Crippen LogP contribution is -2.54. The number of hydrogen-bond acceptors (Lipinski definition) is 12. The zero-order valence-corrected chi connectivity index (χ0v) is 82.5. The van der Waals surface area contributed by atoms with Crippen LogP contribution in [0.4, 0.5) is 0 Å². The highest BCUT2D eigenvalue weighted by Crippen LogP contribution is 2.39. The molecular formula is C115H180N2O12. The second-order valence-corrected chi connectivity index (χ2v) is 38.2. The van der Waals surface area contributed by atoms with E-state index in [9.17, 15) is 9.59 Å². The highest BCUT2D eigenvalue weighted by atomic mass is 16.7. The molecule has 0 spiro atoms. The van der Waals surface area contributed by atoms with Gasteiger partial charge >= 0.3 is 0 Å². The van der Waals surface area contributed by atoms with Crippen LogP contribution in [0.3, 0.4) is 0 Å². The van der Waals surface area contributed by atoms with Crippen LogP contribution in [0.25, 0.3) is 0 Å². The van der Waals surface area contributed by atoms with Crippen molar-refractivity contribution in [3.05, 3.63) is 215 Å². The van der Waals surface area contributed by atoms with Crippen molar-refractivity contribution in [2.24, 2.45) is 35.5 Å². The molecule has 6 aromatic carbocycles. The van der Waals surface area contributed by atoms with Crippen molar-refractivity contribution in [3.8, 4) is 0 Å². The molecule has 2 N–H and O–H groups in total. The lowest BCUT2D eigenvalue weighted by Gasteiger charge is -2.44. The average Bonchev–Trinajstić information content (AvgIpc) is 0.816. The van der Waals surface area contributed by atoms with Gasteiger partial charge in [0.05, 0.1) is 103 Å². The van der Waals surface area contributed by atoms with Crippen LogP contribution in [-0.2, 0) is 96.6 Å². The van der Waals surface area contributed by atoms with Gasteiger partial charge in [-0.1, -0.05) is 482 Å². The maximum Gasteiger partial charge on any atom is 0.220 e. The molecule has 129 heavy (non-hydrogen) atoms. The summed E-state index contributed by atoms with van der Waals surface area (Å²) in [6.07, 6.45) is 47.5. The minimum Gasteiger partial charge on any atom is -0.374 e. The summed E-state index contributed by atoms with van der Waals surface area (Å²) < 4.78 is 67.4. The maximum absolute atomic E-state index is 14.2. The van der Waals surface area contributed by atoms with Gasteiger partial charge in [0.25, 0.3) is 0 Å². The van der Waals surface area contributed by atoms with Gasteiger partial charge in [0.15, 0.2) is 12.6 Å². The quantitative estimate of drug-likeness (QED) is 0.0350. The minimum atomic E-state index is -0.457. The lowest BCUT2D eigenvalue weighted by atomic mass is 9.79. The van der Waals surface area contributed by atoms with Crippen LogP contribution in [0.5, 0.6) is 0 Å². The van der Waals surface area contributed by atoms with E-state index in [2.05, 4.69) is 176 Å². The first-order valence-electron chi connectivity index (χ1n) is 52.3. The Morgan fingerprint density at radius 1 is 0.287 bits per heavy atom. The van der Waals surface area contributed by atoms with Crippen molar-refractivity contribution < 1.29 is 57.0 Å². The third kappa shape index (κ3) is 47.1. The molecule has 2 amide bonds. The second kappa shape index (κ2) is 70.5. The molecule has 2 saturated heterocycles. The topological polar surface area (TPSA) is 151 Å². The monoisotopic (exact) mass is 1780 g/mol. The molecule has 8 rings (SSSR count). The summed E-state index contributed by atoms with van der Waals surface area (Å²) in [4.78, 5) is 27.5. The van der Waals surface area contributed by atoms with E-state index in [1.165, 1.54) is 199 Å². The van der Waals surface area contributed by atoms with Gasteiger partial charge in [-0.05, 0) is 76.3 Å². The molecule has 0 aliphatic carbocycles. The molecule has 14 nitrogen and oxygen atoms in total. The van der Waals surface area contributed by atoms with Crippen molar-refractivity contribution in [2.75, 3.05) is 26.4 Å². The SMILES string of the molecule is CCCCCCCCCCCCCCCC(=O)N[C@@H](CO[C@H]1OC(COCc2ccccc2)[C@H](C)[C@H](C)C1C)[C@H](OCc1ccccc1)[C@@H](CCCCCCCCCCCCCC)OCc1ccccc1.CCCCCCCCCCCCCC[C@@H](OCc1ccccc1)[C@@H](OCc1ccccc1)[C@H](CO[C@H]1OC(COCc2ccccc2)[C@H](C)[C@H](C)C1C)NC(=O)CC. The van der Waals surface area contributed by atoms with Gasteiger partial charge in [0.1, 0.15) is 12.2 Å². The number of benzene rings is 6. The smallest absolute Gasteiger partial charge is 0.220 e. The fraction of sp³-hybridized carbons (Fsp3) is 0.670. The Labute approximate surface area is 785 Å². The lowest BCUT2D eigenvalue weighted by molar-refractivity contribution is -0.262. The number of carbonyl (C=O) groups excluding carboxylic acids is 2. The maximum atomic E-state index is 14.2. The number of rotatable bonds is 73. The summed E-state index contributed by atoms with van der Waals surface area (Å²) in [5, 5.41) is 6.83. The van der Waals surface area contributed by atoms with E-state index in [1.54, 1.807) is 0 Å². The van der Waals surface area contributed by atoms with Gasteiger partial charge in [-0.15, -0.1) is 0 Å². The number of nitrogens with one attached hydrogen (secondary N) is 2. The number of hydrogen-bond donors (Lipinski definition) is 2. The van der Waals surface area contributed by atoms with Crippen molar-refractivity contribution in [1.29, 1.82) is 0 Å². The normalized spacial score (nSPS) is 20.1. The minimum absolute atomic E-state index is 0.0409. The van der Waals surface area contributed by atoms with Crippen LogP contribution in [0.1, 0.15) is 366 Å². The molecular weight excluding hydrogens is 1600 g/mol. The molecule has 4 unspecified atom stereocenters. The molecule has 722 valence electrons. The van der Waals surface area contributed by atoms with Crippen molar-refractivity contribution in [1.82, 2.24) is 10.6 Å². The Kier molecular flexibility index (Phi) is 60.1. The Balaban J connectivity index is 0.000000360. The van der Waals surface area contributed by atoms with E-state index in [0.717, 1.165) is 84.7 Å². The van der Waals surface area contributed by atoms with E-state index >= 15 is 0 Å². The summed E-state index contributed by atoms with van der Waals surface area (Å²) in [5.41, 5.74) is 6.70. The van der Waals surface area contributed by atoms with Crippen molar-refractivity contribution >= 4 is 11.8 Å². The number of carbonyl (C=O) groups is 2. The van der Waals surface area contributed by atoms with Gasteiger partial charge in [-0.25, -0.2) is 0 Å². The first kappa shape index (κ1) is 110. The van der Waals surface area contributed by atoms with E-state index in [1.807, 2.05) is 85.8 Å². The Morgan fingerprint density at radius 3 is 0.814 bits per heavy atom. The zero-order valence-electron chi connectivity index (χ0n) is 82.5. The summed E-state index contributed by atoms with van der Waals surface area (Å²) >= 11 is 0. The first-order valence-corrected chi connectivity index (χ1v) is 52.3. The van der Waals surface area contributed by atoms with Crippen LogP contribution in [0.15, 0.2) is 182 Å². The van der Waals surface area contributed by atoms with Gasteiger partial charge in [-0.2, -0.15) is 0 Å². The average molecular weight is 1780 g/mol. The van der Waals surface area contributed by atoms with Crippen LogP contribution >= 0.6 is 0 Å². The third-order valence-electron chi connectivity index (χ3n) is 27.6. The molecule has 2 fully saturated rings. The molecule has 2 aliphatic rings. The van der Waals surface area contributed by atoms with Gasteiger partial charge in [0, 0.05) is 24.7 Å². The Bertz CT molecular complexity index is 3600. The largest absolute Gasteiger partial charge is 0.374 e. The van der Waals surface area contributed by atoms with E-state index in [4.69, 9.17) is 47.4 Å². The Morgan fingerprint density at radius 2 is 0.535 bits per heavy atom. The molecule has 16 atom stereocenters. The molecule has 0 radical (unpaired) electrons. The van der Waals surface area contributed by atoms with Crippen molar-refractivity contribution in [2.45, 2.75) is 433 Å². The summed E-state index contributed by atoms with van der Waals surface area (Å²) in [6.45, 7) is 26.6. The molecule has 0 aromatic heterocycles. The van der Waals surface area contributed by atoms with E-state index < -0.39 is 36.9 Å².